The lowest BCUT2D eigenvalue weighted by molar-refractivity contribution is 0.584. The smallest absolute Gasteiger partial charge is 0.212 e. The molecule has 0 fully saturated rings. The van der Waals surface area contributed by atoms with E-state index >= 15 is 0 Å². The monoisotopic (exact) mass is 189 g/mol. The van der Waals surface area contributed by atoms with E-state index in [1.54, 1.807) is 6.07 Å². The Morgan fingerprint density at radius 1 is 1.14 bits per heavy atom. The first-order valence-electron chi connectivity index (χ1n) is 4.16. The van der Waals surface area contributed by atoms with E-state index in [-0.39, 0.29) is 0 Å². The van der Waals surface area contributed by atoms with Crippen molar-refractivity contribution in [2.75, 3.05) is 0 Å². The van der Waals surface area contributed by atoms with E-state index in [4.69, 9.17) is 0 Å². The molecule has 0 aliphatic rings. The fourth-order valence-electron chi connectivity index (χ4n) is 1.14. The molecule has 0 bridgehead atoms. The lowest BCUT2D eigenvalue weighted by Crippen LogP contribution is -1.89. The number of halogens is 1. The molecule has 0 atom stereocenters. The Hall–Kier alpha value is -1.84. The molecule has 14 heavy (non-hydrogen) atoms. The van der Waals surface area contributed by atoms with Gasteiger partial charge in [0.25, 0.3) is 0 Å². The van der Waals surface area contributed by atoms with Crippen LogP contribution in [0.25, 0.3) is 11.3 Å². The first kappa shape index (κ1) is 8.74. The van der Waals surface area contributed by atoms with Crippen LogP contribution in [-0.4, -0.2) is 15.0 Å². The van der Waals surface area contributed by atoms with Crippen molar-refractivity contribution in [3.63, 3.8) is 0 Å². The Bertz CT molecular complexity index is 439. The maximum Gasteiger partial charge on any atom is 0.212 e. The zero-order valence-corrected chi connectivity index (χ0v) is 7.61. The van der Waals surface area contributed by atoms with Gasteiger partial charge in [0.1, 0.15) is 6.33 Å². The van der Waals surface area contributed by atoms with E-state index in [1.165, 1.54) is 18.6 Å². The third-order valence-corrected chi connectivity index (χ3v) is 1.83. The minimum Gasteiger partial charge on any atom is -0.242 e. The molecule has 0 spiro atoms. The molecule has 3 nitrogen and oxygen atoms in total. The lowest BCUT2D eigenvalue weighted by atomic mass is 10.2. The maximum atomic E-state index is 12.5. The van der Waals surface area contributed by atoms with E-state index in [9.17, 15) is 4.39 Å². The molecule has 0 saturated carbocycles. The van der Waals surface area contributed by atoms with Gasteiger partial charge in [-0.2, -0.15) is 4.39 Å². The number of nitrogens with zero attached hydrogens (tertiary/aromatic N) is 3. The first-order valence-corrected chi connectivity index (χ1v) is 4.16. The van der Waals surface area contributed by atoms with Crippen molar-refractivity contribution in [2.45, 2.75) is 6.92 Å². The SMILES string of the molecule is Cc1cc(-c2ccc(F)nc2)ncn1. The van der Waals surface area contributed by atoms with Gasteiger partial charge in [0, 0.05) is 17.5 Å². The summed E-state index contributed by atoms with van der Waals surface area (Å²) in [7, 11) is 0. The summed E-state index contributed by atoms with van der Waals surface area (Å²) in [6.07, 6.45) is 2.94. The number of aromatic nitrogens is 3. The Morgan fingerprint density at radius 2 is 2.00 bits per heavy atom. The molecular formula is C10H8FN3. The van der Waals surface area contributed by atoms with Crippen LogP contribution < -0.4 is 0 Å². The Kier molecular flexibility index (Phi) is 2.18. The highest BCUT2D eigenvalue weighted by Crippen LogP contribution is 2.15. The van der Waals surface area contributed by atoms with Gasteiger partial charge in [-0.05, 0) is 25.1 Å². The fraction of sp³-hybridized carbons (Fsp3) is 0.100. The Morgan fingerprint density at radius 3 is 2.64 bits per heavy atom. The number of aryl methyl sites for hydroxylation is 1. The summed E-state index contributed by atoms with van der Waals surface area (Å²) in [4.78, 5) is 11.6. The van der Waals surface area contributed by atoms with Crippen LogP contribution in [0.15, 0.2) is 30.7 Å². The van der Waals surface area contributed by atoms with Gasteiger partial charge >= 0.3 is 0 Å². The predicted molar refractivity (Wildman–Crippen MR) is 50.0 cm³/mol. The highest BCUT2D eigenvalue weighted by molar-refractivity contribution is 5.57. The van der Waals surface area contributed by atoms with Crippen LogP contribution in [0.2, 0.25) is 0 Å². The second-order valence-corrected chi connectivity index (χ2v) is 2.91. The summed E-state index contributed by atoms with van der Waals surface area (Å²) in [6.45, 7) is 1.88. The lowest BCUT2D eigenvalue weighted by Gasteiger charge is -1.99. The Balaban J connectivity index is 2.44. The summed E-state index contributed by atoms with van der Waals surface area (Å²) in [6, 6.07) is 4.78. The molecule has 0 unspecified atom stereocenters. The molecule has 2 heterocycles. The highest BCUT2D eigenvalue weighted by atomic mass is 19.1. The molecule has 2 aromatic heterocycles. The van der Waals surface area contributed by atoms with Crippen LogP contribution in [0.3, 0.4) is 0 Å². The summed E-state index contributed by atoms with van der Waals surface area (Å²) >= 11 is 0. The van der Waals surface area contributed by atoms with Gasteiger partial charge in [-0.1, -0.05) is 0 Å². The van der Waals surface area contributed by atoms with Crippen molar-refractivity contribution >= 4 is 0 Å². The van der Waals surface area contributed by atoms with Crippen molar-refractivity contribution in [3.05, 3.63) is 42.4 Å². The van der Waals surface area contributed by atoms with Gasteiger partial charge in [0.15, 0.2) is 0 Å². The third-order valence-electron chi connectivity index (χ3n) is 1.83. The average molecular weight is 189 g/mol. The molecule has 0 aliphatic carbocycles. The molecule has 0 saturated heterocycles. The standard InChI is InChI=1S/C10H8FN3/c1-7-4-9(14-6-13-7)8-2-3-10(11)12-5-8/h2-6H,1H3. The van der Waals surface area contributed by atoms with Crippen molar-refractivity contribution < 1.29 is 4.39 Å². The number of hydrogen-bond donors (Lipinski definition) is 0. The topological polar surface area (TPSA) is 38.7 Å². The quantitative estimate of drug-likeness (QED) is 0.644. The second kappa shape index (κ2) is 3.49. The summed E-state index contributed by atoms with van der Waals surface area (Å²) in [5, 5.41) is 0. The van der Waals surface area contributed by atoms with Crippen LogP contribution in [-0.2, 0) is 0 Å². The minimum absolute atomic E-state index is 0.487. The van der Waals surface area contributed by atoms with Crippen molar-refractivity contribution in [3.8, 4) is 11.3 Å². The van der Waals surface area contributed by atoms with E-state index in [0.717, 1.165) is 17.0 Å². The molecule has 70 valence electrons. The zero-order valence-electron chi connectivity index (χ0n) is 7.61. The molecule has 0 N–H and O–H groups in total. The number of pyridine rings is 1. The Labute approximate surface area is 80.7 Å². The van der Waals surface area contributed by atoms with E-state index in [0.29, 0.717) is 0 Å². The van der Waals surface area contributed by atoms with Crippen molar-refractivity contribution in [1.82, 2.24) is 15.0 Å². The highest BCUT2D eigenvalue weighted by Gasteiger charge is 2.00. The molecule has 2 aromatic rings. The fourth-order valence-corrected chi connectivity index (χ4v) is 1.14. The van der Waals surface area contributed by atoms with Crippen molar-refractivity contribution in [1.29, 1.82) is 0 Å². The molecule has 0 radical (unpaired) electrons. The molecule has 0 aliphatic heterocycles. The maximum absolute atomic E-state index is 12.5. The number of hydrogen-bond acceptors (Lipinski definition) is 3. The summed E-state index contributed by atoms with van der Waals surface area (Å²) in [5.74, 6) is -0.487. The van der Waals surface area contributed by atoms with Crippen LogP contribution in [0, 0.1) is 12.9 Å². The van der Waals surface area contributed by atoms with Gasteiger partial charge < -0.3 is 0 Å². The number of rotatable bonds is 1. The molecule has 2 rings (SSSR count). The average Bonchev–Trinajstić information content (AvgIpc) is 2.19. The van der Waals surface area contributed by atoms with Crippen LogP contribution in [0.5, 0.6) is 0 Å². The molecular weight excluding hydrogens is 181 g/mol. The first-order chi connectivity index (χ1) is 6.75. The summed E-state index contributed by atoms with van der Waals surface area (Å²) in [5.41, 5.74) is 2.42. The third kappa shape index (κ3) is 1.74. The molecule has 0 amide bonds. The molecule has 0 aromatic carbocycles. The minimum atomic E-state index is -0.487. The zero-order chi connectivity index (χ0) is 9.97. The predicted octanol–water partition coefficient (Wildman–Crippen LogP) is 1.99. The van der Waals surface area contributed by atoms with Gasteiger partial charge in [-0.15, -0.1) is 0 Å². The van der Waals surface area contributed by atoms with Crippen LogP contribution >= 0.6 is 0 Å². The van der Waals surface area contributed by atoms with Gasteiger partial charge in [0.2, 0.25) is 5.95 Å². The normalized spacial score (nSPS) is 10.1. The van der Waals surface area contributed by atoms with Crippen LogP contribution in [0.4, 0.5) is 4.39 Å². The van der Waals surface area contributed by atoms with Gasteiger partial charge in [0.05, 0.1) is 5.69 Å². The second-order valence-electron chi connectivity index (χ2n) is 2.91. The van der Waals surface area contributed by atoms with Gasteiger partial charge in [-0.25, -0.2) is 15.0 Å². The van der Waals surface area contributed by atoms with E-state index in [2.05, 4.69) is 15.0 Å². The van der Waals surface area contributed by atoms with E-state index < -0.39 is 5.95 Å². The van der Waals surface area contributed by atoms with Crippen LogP contribution in [0.1, 0.15) is 5.69 Å². The van der Waals surface area contributed by atoms with E-state index in [1.807, 2.05) is 13.0 Å². The largest absolute Gasteiger partial charge is 0.242 e. The molecule has 4 heteroatoms. The van der Waals surface area contributed by atoms with Crippen molar-refractivity contribution in [2.24, 2.45) is 0 Å². The van der Waals surface area contributed by atoms with Gasteiger partial charge in [-0.3, -0.25) is 0 Å². The summed E-state index contributed by atoms with van der Waals surface area (Å²) < 4.78 is 12.5.